The standard InChI is InChI=1S/C11H12F2N2O4/c1-3-19-8(16)4-7-5-14-6(2)10(15(17)18)9(7)11(12)13/h5,11H,3-4H2,1-2H3. The molecular formula is C11H12F2N2O4. The molecule has 6 nitrogen and oxygen atoms in total. The van der Waals surface area contributed by atoms with E-state index in [0.717, 1.165) is 6.20 Å². The van der Waals surface area contributed by atoms with Gasteiger partial charge in [0.2, 0.25) is 0 Å². The lowest BCUT2D eigenvalue weighted by Crippen LogP contribution is -2.12. The van der Waals surface area contributed by atoms with Crippen LogP contribution in [-0.4, -0.2) is 22.5 Å². The van der Waals surface area contributed by atoms with Gasteiger partial charge in [-0.3, -0.25) is 19.9 Å². The van der Waals surface area contributed by atoms with E-state index < -0.39 is 35.0 Å². The normalized spacial score (nSPS) is 10.6. The molecular weight excluding hydrogens is 262 g/mol. The molecule has 0 aromatic carbocycles. The predicted octanol–water partition coefficient (Wildman–Crippen LogP) is 2.34. The van der Waals surface area contributed by atoms with Crippen molar-refractivity contribution in [3.05, 3.63) is 33.1 Å². The third kappa shape index (κ3) is 3.43. The number of hydrogen-bond acceptors (Lipinski definition) is 5. The smallest absolute Gasteiger partial charge is 0.310 e. The Bertz CT molecular complexity index is 506. The van der Waals surface area contributed by atoms with Crippen molar-refractivity contribution in [1.82, 2.24) is 4.98 Å². The lowest BCUT2D eigenvalue weighted by Gasteiger charge is -2.10. The molecule has 0 fully saturated rings. The highest BCUT2D eigenvalue weighted by atomic mass is 19.3. The van der Waals surface area contributed by atoms with E-state index in [1.165, 1.54) is 6.92 Å². The molecule has 0 bridgehead atoms. The van der Waals surface area contributed by atoms with Gasteiger partial charge >= 0.3 is 5.97 Å². The molecule has 0 spiro atoms. The van der Waals surface area contributed by atoms with Gasteiger partial charge < -0.3 is 4.74 Å². The van der Waals surface area contributed by atoms with Gasteiger partial charge in [0.15, 0.2) is 0 Å². The Hall–Kier alpha value is -2.12. The summed E-state index contributed by atoms with van der Waals surface area (Å²) < 4.78 is 30.6. The van der Waals surface area contributed by atoms with Crippen LogP contribution < -0.4 is 0 Å². The molecule has 1 aromatic rings. The molecule has 1 aromatic heterocycles. The molecule has 0 radical (unpaired) electrons. The Morgan fingerprint density at radius 2 is 2.21 bits per heavy atom. The predicted molar refractivity (Wildman–Crippen MR) is 60.9 cm³/mol. The number of rotatable bonds is 5. The van der Waals surface area contributed by atoms with E-state index >= 15 is 0 Å². The van der Waals surface area contributed by atoms with Crippen LogP contribution in [0.4, 0.5) is 14.5 Å². The number of aryl methyl sites for hydroxylation is 1. The molecule has 0 N–H and O–H groups in total. The second kappa shape index (κ2) is 6.17. The summed E-state index contributed by atoms with van der Waals surface area (Å²) in [4.78, 5) is 24.9. The van der Waals surface area contributed by atoms with Crippen molar-refractivity contribution < 1.29 is 23.2 Å². The number of alkyl halides is 2. The topological polar surface area (TPSA) is 82.3 Å². The second-order valence-electron chi connectivity index (χ2n) is 3.67. The summed E-state index contributed by atoms with van der Waals surface area (Å²) in [5, 5.41) is 10.8. The average molecular weight is 274 g/mol. The number of aromatic nitrogens is 1. The fourth-order valence-corrected chi connectivity index (χ4v) is 1.63. The molecule has 0 aliphatic rings. The molecule has 0 unspecified atom stereocenters. The van der Waals surface area contributed by atoms with Gasteiger partial charge in [0.25, 0.3) is 12.1 Å². The van der Waals surface area contributed by atoms with Crippen molar-refractivity contribution in [2.45, 2.75) is 26.7 Å². The first-order valence-electron chi connectivity index (χ1n) is 5.45. The number of ether oxygens (including phenoxy) is 1. The van der Waals surface area contributed by atoms with Gasteiger partial charge in [0, 0.05) is 6.20 Å². The van der Waals surface area contributed by atoms with Gasteiger partial charge in [0.1, 0.15) is 11.3 Å². The van der Waals surface area contributed by atoms with Crippen LogP contribution in [-0.2, 0) is 16.0 Å². The van der Waals surface area contributed by atoms with Crippen LogP contribution >= 0.6 is 0 Å². The van der Waals surface area contributed by atoms with E-state index in [0.29, 0.717) is 0 Å². The van der Waals surface area contributed by atoms with E-state index in [1.54, 1.807) is 6.92 Å². The molecule has 0 saturated heterocycles. The minimum Gasteiger partial charge on any atom is -0.466 e. The molecule has 1 heterocycles. The number of halogens is 2. The highest BCUT2D eigenvalue weighted by molar-refractivity contribution is 5.73. The van der Waals surface area contributed by atoms with E-state index in [4.69, 9.17) is 0 Å². The highest BCUT2D eigenvalue weighted by Gasteiger charge is 2.29. The molecule has 0 saturated carbocycles. The van der Waals surface area contributed by atoms with E-state index in [2.05, 4.69) is 9.72 Å². The first-order valence-corrected chi connectivity index (χ1v) is 5.45. The lowest BCUT2D eigenvalue weighted by atomic mass is 10.0. The third-order valence-corrected chi connectivity index (χ3v) is 2.40. The summed E-state index contributed by atoms with van der Waals surface area (Å²) in [5.41, 5.74) is -1.83. The Balaban J connectivity index is 3.28. The Morgan fingerprint density at radius 1 is 1.58 bits per heavy atom. The molecule has 1 rings (SSSR count). The number of hydrogen-bond donors (Lipinski definition) is 0. The van der Waals surface area contributed by atoms with Crippen molar-refractivity contribution in [2.75, 3.05) is 6.61 Å². The number of carbonyl (C=O) groups excluding carboxylic acids is 1. The SMILES string of the molecule is CCOC(=O)Cc1cnc(C)c([N+](=O)[O-])c1C(F)F. The number of carbonyl (C=O) groups is 1. The van der Waals surface area contributed by atoms with Crippen molar-refractivity contribution in [1.29, 1.82) is 0 Å². The molecule has 8 heteroatoms. The first kappa shape index (κ1) is 14.9. The van der Waals surface area contributed by atoms with Crippen molar-refractivity contribution in [3.8, 4) is 0 Å². The zero-order valence-electron chi connectivity index (χ0n) is 10.4. The zero-order chi connectivity index (χ0) is 14.6. The Kier molecular flexibility index (Phi) is 4.85. The summed E-state index contributed by atoms with van der Waals surface area (Å²) in [7, 11) is 0. The summed E-state index contributed by atoms with van der Waals surface area (Å²) in [6, 6.07) is 0. The minimum absolute atomic E-state index is 0.101. The molecule has 104 valence electrons. The summed E-state index contributed by atoms with van der Waals surface area (Å²) >= 11 is 0. The van der Waals surface area contributed by atoms with Gasteiger partial charge in [-0.05, 0) is 19.4 Å². The van der Waals surface area contributed by atoms with Crippen LogP contribution in [0.25, 0.3) is 0 Å². The fraction of sp³-hybridized carbons (Fsp3) is 0.455. The molecule has 0 amide bonds. The summed E-state index contributed by atoms with van der Waals surface area (Å²) in [6.07, 6.45) is -2.49. The van der Waals surface area contributed by atoms with E-state index in [1.807, 2.05) is 0 Å². The van der Waals surface area contributed by atoms with Crippen LogP contribution in [0.1, 0.15) is 30.2 Å². The average Bonchev–Trinajstić information content (AvgIpc) is 2.30. The maximum atomic E-state index is 13.0. The quantitative estimate of drug-likeness (QED) is 0.467. The summed E-state index contributed by atoms with van der Waals surface area (Å²) in [5.74, 6) is -0.732. The van der Waals surface area contributed by atoms with Gasteiger partial charge in [-0.1, -0.05) is 0 Å². The van der Waals surface area contributed by atoms with Gasteiger partial charge in [-0.15, -0.1) is 0 Å². The Labute approximate surface area is 107 Å². The van der Waals surface area contributed by atoms with Crippen molar-refractivity contribution in [2.24, 2.45) is 0 Å². The van der Waals surface area contributed by atoms with Gasteiger partial charge in [0.05, 0.1) is 18.0 Å². The number of nitrogens with zero attached hydrogens (tertiary/aromatic N) is 2. The maximum Gasteiger partial charge on any atom is 0.310 e. The van der Waals surface area contributed by atoms with Crippen molar-refractivity contribution >= 4 is 11.7 Å². The van der Waals surface area contributed by atoms with Crippen molar-refractivity contribution in [3.63, 3.8) is 0 Å². The minimum atomic E-state index is -3.06. The fourth-order valence-electron chi connectivity index (χ4n) is 1.63. The molecule has 0 atom stereocenters. The number of nitro groups is 1. The second-order valence-corrected chi connectivity index (χ2v) is 3.67. The Morgan fingerprint density at radius 3 is 2.68 bits per heavy atom. The third-order valence-electron chi connectivity index (χ3n) is 2.40. The van der Waals surface area contributed by atoms with E-state index in [9.17, 15) is 23.7 Å². The van der Waals surface area contributed by atoms with Gasteiger partial charge in [-0.2, -0.15) is 0 Å². The van der Waals surface area contributed by atoms with Crippen LogP contribution in [0.2, 0.25) is 0 Å². The first-order chi connectivity index (χ1) is 8.88. The zero-order valence-corrected chi connectivity index (χ0v) is 10.4. The maximum absolute atomic E-state index is 13.0. The van der Waals surface area contributed by atoms with Crippen LogP contribution in [0.5, 0.6) is 0 Å². The molecule has 0 aliphatic heterocycles. The number of pyridine rings is 1. The monoisotopic (exact) mass is 274 g/mol. The highest BCUT2D eigenvalue weighted by Crippen LogP contribution is 2.33. The van der Waals surface area contributed by atoms with Crippen LogP contribution in [0.3, 0.4) is 0 Å². The largest absolute Gasteiger partial charge is 0.466 e. The molecule has 19 heavy (non-hydrogen) atoms. The van der Waals surface area contributed by atoms with Crippen LogP contribution in [0, 0.1) is 17.0 Å². The van der Waals surface area contributed by atoms with Crippen LogP contribution in [0.15, 0.2) is 6.20 Å². The van der Waals surface area contributed by atoms with Gasteiger partial charge in [-0.25, -0.2) is 8.78 Å². The molecule has 0 aliphatic carbocycles. The van der Waals surface area contributed by atoms with E-state index in [-0.39, 0.29) is 17.9 Å². The number of esters is 1. The lowest BCUT2D eigenvalue weighted by molar-refractivity contribution is -0.387. The summed E-state index contributed by atoms with van der Waals surface area (Å²) in [6.45, 7) is 2.93.